The molecule has 0 unspecified atom stereocenters. The van der Waals surface area contributed by atoms with E-state index in [1.807, 2.05) is 0 Å². The number of amides is 1. The van der Waals surface area contributed by atoms with Gasteiger partial charge < -0.3 is 5.32 Å². The second kappa shape index (κ2) is 8.81. The quantitative estimate of drug-likeness (QED) is 0.748. The van der Waals surface area contributed by atoms with Crippen LogP contribution in [0.3, 0.4) is 0 Å². The van der Waals surface area contributed by atoms with Crippen LogP contribution in [-0.4, -0.2) is 31.7 Å². The average Bonchev–Trinajstić information content (AvgIpc) is 2.57. The normalized spacial score (nSPS) is 11.6. The van der Waals surface area contributed by atoms with Crippen LogP contribution in [0.5, 0.6) is 0 Å². The van der Waals surface area contributed by atoms with Crippen molar-refractivity contribution < 1.29 is 17.6 Å². The standard InChI is InChI=1S/C17H17Cl2FN2O3S/c1-2-21-17(23)11-22(10-14-15(19)4-3-5-16(14)20)26(24,25)13-8-6-12(18)7-9-13/h3-9H,2,10-11H2,1H3,(H,21,23). The zero-order chi connectivity index (χ0) is 19.3. The Morgan fingerprint density at radius 2 is 1.81 bits per heavy atom. The van der Waals surface area contributed by atoms with Gasteiger partial charge in [-0.15, -0.1) is 0 Å². The third-order valence-corrected chi connectivity index (χ3v) is 5.95. The number of likely N-dealkylation sites (N-methyl/N-ethyl adjacent to an activating group) is 1. The van der Waals surface area contributed by atoms with E-state index in [4.69, 9.17) is 23.2 Å². The predicted molar refractivity (Wildman–Crippen MR) is 99.1 cm³/mol. The molecule has 0 fully saturated rings. The first-order valence-corrected chi connectivity index (χ1v) is 9.90. The minimum Gasteiger partial charge on any atom is -0.355 e. The zero-order valence-electron chi connectivity index (χ0n) is 13.9. The van der Waals surface area contributed by atoms with Gasteiger partial charge in [-0.3, -0.25) is 4.79 Å². The minimum atomic E-state index is -4.07. The monoisotopic (exact) mass is 418 g/mol. The predicted octanol–water partition coefficient (Wildman–Crippen LogP) is 3.46. The number of nitrogens with zero attached hydrogens (tertiary/aromatic N) is 1. The summed E-state index contributed by atoms with van der Waals surface area (Å²) >= 11 is 11.8. The van der Waals surface area contributed by atoms with Gasteiger partial charge in [0.05, 0.1) is 11.4 Å². The summed E-state index contributed by atoms with van der Waals surface area (Å²) in [5, 5.41) is 2.98. The van der Waals surface area contributed by atoms with E-state index >= 15 is 0 Å². The highest BCUT2D eigenvalue weighted by molar-refractivity contribution is 7.89. The molecule has 0 aliphatic heterocycles. The molecule has 0 heterocycles. The first-order chi connectivity index (χ1) is 12.3. The van der Waals surface area contributed by atoms with Gasteiger partial charge in [0.2, 0.25) is 15.9 Å². The number of hydrogen-bond acceptors (Lipinski definition) is 3. The maximum atomic E-state index is 14.1. The second-order valence-electron chi connectivity index (χ2n) is 5.38. The van der Waals surface area contributed by atoms with E-state index in [9.17, 15) is 17.6 Å². The van der Waals surface area contributed by atoms with E-state index in [0.29, 0.717) is 11.6 Å². The number of sulfonamides is 1. The minimum absolute atomic E-state index is 0.00370. The summed E-state index contributed by atoms with van der Waals surface area (Å²) < 4.78 is 40.9. The first-order valence-electron chi connectivity index (χ1n) is 7.71. The Labute approximate surface area is 161 Å². The molecule has 140 valence electrons. The van der Waals surface area contributed by atoms with Crippen LogP contribution in [0.2, 0.25) is 10.0 Å². The molecule has 2 aromatic rings. The number of benzene rings is 2. The van der Waals surface area contributed by atoms with Crippen molar-refractivity contribution in [3.63, 3.8) is 0 Å². The molecule has 2 rings (SSSR count). The average molecular weight is 419 g/mol. The van der Waals surface area contributed by atoms with Crippen LogP contribution in [0.4, 0.5) is 4.39 Å². The fourth-order valence-electron chi connectivity index (χ4n) is 2.25. The molecule has 0 radical (unpaired) electrons. The van der Waals surface area contributed by atoms with Crippen molar-refractivity contribution in [1.29, 1.82) is 0 Å². The van der Waals surface area contributed by atoms with E-state index in [-0.39, 0.29) is 22.0 Å². The molecular weight excluding hydrogens is 402 g/mol. The largest absolute Gasteiger partial charge is 0.355 e. The smallest absolute Gasteiger partial charge is 0.243 e. The fraction of sp³-hybridized carbons (Fsp3) is 0.235. The summed E-state index contributed by atoms with van der Waals surface area (Å²) in [6.07, 6.45) is 0. The molecule has 0 saturated carbocycles. The molecule has 0 aliphatic carbocycles. The first kappa shape index (κ1) is 20.6. The molecule has 0 aromatic heterocycles. The van der Waals surface area contributed by atoms with E-state index in [2.05, 4.69) is 5.32 Å². The Morgan fingerprint density at radius 3 is 2.38 bits per heavy atom. The van der Waals surface area contributed by atoms with Gasteiger partial charge in [-0.05, 0) is 43.3 Å². The maximum absolute atomic E-state index is 14.1. The molecule has 2 aromatic carbocycles. The van der Waals surface area contributed by atoms with Crippen molar-refractivity contribution in [3.05, 3.63) is 63.9 Å². The van der Waals surface area contributed by atoms with Crippen molar-refractivity contribution in [1.82, 2.24) is 9.62 Å². The van der Waals surface area contributed by atoms with E-state index in [1.165, 1.54) is 42.5 Å². The molecule has 1 N–H and O–H groups in total. The molecular formula is C17H17Cl2FN2O3S. The number of nitrogens with one attached hydrogen (secondary N) is 1. The Bertz CT molecular complexity index is 869. The summed E-state index contributed by atoms with van der Waals surface area (Å²) in [5.41, 5.74) is -0.00370. The topological polar surface area (TPSA) is 66.5 Å². The van der Waals surface area contributed by atoms with Gasteiger partial charge in [-0.1, -0.05) is 29.3 Å². The van der Waals surface area contributed by atoms with Crippen LogP contribution < -0.4 is 5.32 Å². The third-order valence-electron chi connectivity index (χ3n) is 3.54. The summed E-state index contributed by atoms with van der Waals surface area (Å²) in [5.74, 6) is -1.15. The molecule has 1 amide bonds. The number of halogens is 3. The van der Waals surface area contributed by atoms with E-state index < -0.39 is 28.3 Å². The summed E-state index contributed by atoms with van der Waals surface area (Å²) in [4.78, 5) is 11.9. The van der Waals surface area contributed by atoms with Crippen LogP contribution in [0.1, 0.15) is 12.5 Å². The lowest BCUT2D eigenvalue weighted by Gasteiger charge is -2.22. The molecule has 5 nitrogen and oxygen atoms in total. The van der Waals surface area contributed by atoms with Gasteiger partial charge >= 0.3 is 0 Å². The number of rotatable bonds is 7. The Kier molecular flexibility index (Phi) is 7.00. The Hall–Kier alpha value is -1.67. The van der Waals surface area contributed by atoms with Crippen molar-refractivity contribution in [2.75, 3.05) is 13.1 Å². The number of carbonyl (C=O) groups excluding carboxylic acids is 1. The summed E-state index contributed by atoms with van der Waals surface area (Å²) in [6, 6.07) is 9.56. The molecule has 0 aliphatic rings. The summed E-state index contributed by atoms with van der Waals surface area (Å²) in [6.45, 7) is 1.20. The molecule has 0 atom stereocenters. The number of carbonyl (C=O) groups is 1. The highest BCUT2D eigenvalue weighted by Gasteiger charge is 2.28. The highest BCUT2D eigenvalue weighted by atomic mass is 35.5. The zero-order valence-corrected chi connectivity index (χ0v) is 16.2. The lowest BCUT2D eigenvalue weighted by atomic mass is 10.2. The van der Waals surface area contributed by atoms with Gasteiger partial charge in [0, 0.05) is 28.7 Å². The van der Waals surface area contributed by atoms with Gasteiger partial charge in [0.1, 0.15) is 5.82 Å². The van der Waals surface area contributed by atoms with Crippen molar-refractivity contribution in [3.8, 4) is 0 Å². The van der Waals surface area contributed by atoms with Gasteiger partial charge in [-0.25, -0.2) is 12.8 Å². The van der Waals surface area contributed by atoms with Crippen LogP contribution >= 0.6 is 23.2 Å². The fourth-order valence-corrected chi connectivity index (χ4v) is 3.97. The van der Waals surface area contributed by atoms with Gasteiger partial charge in [0.15, 0.2) is 0 Å². The van der Waals surface area contributed by atoms with Crippen molar-refractivity contribution in [2.45, 2.75) is 18.4 Å². The third kappa shape index (κ3) is 4.94. The number of hydrogen-bond donors (Lipinski definition) is 1. The van der Waals surface area contributed by atoms with Crippen LogP contribution in [0, 0.1) is 5.82 Å². The maximum Gasteiger partial charge on any atom is 0.243 e. The molecule has 0 bridgehead atoms. The highest BCUT2D eigenvalue weighted by Crippen LogP contribution is 2.25. The molecule has 0 spiro atoms. The lowest BCUT2D eigenvalue weighted by Crippen LogP contribution is -2.40. The molecule has 26 heavy (non-hydrogen) atoms. The summed E-state index contributed by atoms with van der Waals surface area (Å²) in [7, 11) is -4.07. The van der Waals surface area contributed by atoms with Crippen molar-refractivity contribution >= 4 is 39.1 Å². The SMILES string of the molecule is CCNC(=O)CN(Cc1c(F)cccc1Cl)S(=O)(=O)c1ccc(Cl)cc1. The van der Waals surface area contributed by atoms with E-state index in [0.717, 1.165) is 4.31 Å². The Balaban J connectivity index is 2.43. The van der Waals surface area contributed by atoms with Crippen LogP contribution in [-0.2, 0) is 21.4 Å². The second-order valence-corrected chi connectivity index (χ2v) is 8.16. The van der Waals surface area contributed by atoms with Gasteiger partial charge in [-0.2, -0.15) is 4.31 Å². The van der Waals surface area contributed by atoms with Crippen molar-refractivity contribution in [2.24, 2.45) is 0 Å². The lowest BCUT2D eigenvalue weighted by molar-refractivity contribution is -0.121. The molecule has 9 heteroatoms. The Morgan fingerprint density at radius 1 is 1.15 bits per heavy atom. The van der Waals surface area contributed by atoms with Crippen LogP contribution in [0.15, 0.2) is 47.4 Å². The van der Waals surface area contributed by atoms with E-state index in [1.54, 1.807) is 6.92 Å². The molecule has 0 saturated heterocycles. The van der Waals surface area contributed by atoms with Gasteiger partial charge in [0.25, 0.3) is 0 Å². The van der Waals surface area contributed by atoms with Crippen LogP contribution in [0.25, 0.3) is 0 Å².